The first-order chi connectivity index (χ1) is 6.69. The summed E-state index contributed by atoms with van der Waals surface area (Å²) in [7, 11) is 1.61. The number of benzene rings is 1. The van der Waals surface area contributed by atoms with E-state index in [1.54, 1.807) is 12.0 Å². The van der Waals surface area contributed by atoms with Crippen LogP contribution < -0.4 is 15.4 Å². The van der Waals surface area contributed by atoms with Crippen LogP contribution in [-0.2, 0) is 0 Å². The average Bonchev–Trinajstić information content (AvgIpc) is 2.19. The SMILES string of the molecule is CCN(C(=N)N)c1cccc(OC)c1. The maximum Gasteiger partial charge on any atom is 0.192 e. The molecule has 1 aromatic rings. The molecule has 0 fully saturated rings. The number of nitrogens with zero attached hydrogens (tertiary/aromatic N) is 1. The van der Waals surface area contributed by atoms with Crippen molar-refractivity contribution >= 4 is 11.6 Å². The number of rotatable bonds is 3. The zero-order chi connectivity index (χ0) is 10.6. The third-order valence-electron chi connectivity index (χ3n) is 1.97. The van der Waals surface area contributed by atoms with Crippen LogP contribution in [-0.4, -0.2) is 19.6 Å². The van der Waals surface area contributed by atoms with E-state index in [0.717, 1.165) is 11.4 Å². The van der Waals surface area contributed by atoms with Crippen molar-refractivity contribution in [3.05, 3.63) is 24.3 Å². The van der Waals surface area contributed by atoms with Gasteiger partial charge in [0.25, 0.3) is 0 Å². The van der Waals surface area contributed by atoms with E-state index < -0.39 is 0 Å². The van der Waals surface area contributed by atoms with Crippen LogP contribution in [0.1, 0.15) is 6.92 Å². The molecule has 4 heteroatoms. The second-order valence-electron chi connectivity index (χ2n) is 2.83. The number of nitrogens with two attached hydrogens (primary N) is 1. The summed E-state index contributed by atoms with van der Waals surface area (Å²) in [5.41, 5.74) is 6.31. The smallest absolute Gasteiger partial charge is 0.192 e. The second-order valence-corrected chi connectivity index (χ2v) is 2.83. The first-order valence-electron chi connectivity index (χ1n) is 4.44. The first-order valence-corrected chi connectivity index (χ1v) is 4.44. The minimum atomic E-state index is 0.0424. The van der Waals surface area contributed by atoms with Crippen molar-refractivity contribution in [2.24, 2.45) is 5.73 Å². The molecule has 0 heterocycles. The highest BCUT2D eigenvalue weighted by molar-refractivity contribution is 5.92. The molecule has 4 nitrogen and oxygen atoms in total. The zero-order valence-corrected chi connectivity index (χ0v) is 8.45. The van der Waals surface area contributed by atoms with Crippen molar-refractivity contribution in [1.29, 1.82) is 5.41 Å². The zero-order valence-electron chi connectivity index (χ0n) is 8.45. The number of methoxy groups -OCH3 is 1. The van der Waals surface area contributed by atoms with Gasteiger partial charge in [0.05, 0.1) is 7.11 Å². The molecule has 76 valence electrons. The summed E-state index contributed by atoms with van der Waals surface area (Å²) in [5.74, 6) is 0.808. The van der Waals surface area contributed by atoms with E-state index in [4.69, 9.17) is 15.9 Å². The van der Waals surface area contributed by atoms with Gasteiger partial charge in [-0.2, -0.15) is 0 Å². The van der Waals surface area contributed by atoms with Crippen molar-refractivity contribution < 1.29 is 4.74 Å². The summed E-state index contributed by atoms with van der Waals surface area (Å²) < 4.78 is 5.09. The number of hydrogen-bond acceptors (Lipinski definition) is 2. The van der Waals surface area contributed by atoms with Crippen LogP contribution in [0.15, 0.2) is 24.3 Å². The van der Waals surface area contributed by atoms with E-state index in [0.29, 0.717) is 6.54 Å². The quantitative estimate of drug-likeness (QED) is 0.563. The lowest BCUT2D eigenvalue weighted by molar-refractivity contribution is 0.415. The Bertz CT molecular complexity index is 325. The van der Waals surface area contributed by atoms with E-state index in [2.05, 4.69) is 0 Å². The van der Waals surface area contributed by atoms with Crippen LogP contribution in [0.2, 0.25) is 0 Å². The van der Waals surface area contributed by atoms with Gasteiger partial charge in [-0.15, -0.1) is 0 Å². The highest BCUT2D eigenvalue weighted by atomic mass is 16.5. The van der Waals surface area contributed by atoms with Crippen LogP contribution >= 0.6 is 0 Å². The van der Waals surface area contributed by atoms with Gasteiger partial charge < -0.3 is 15.4 Å². The molecule has 0 spiro atoms. The Balaban J connectivity index is 2.98. The fraction of sp³-hybridized carbons (Fsp3) is 0.300. The van der Waals surface area contributed by atoms with E-state index in [-0.39, 0.29) is 5.96 Å². The van der Waals surface area contributed by atoms with E-state index >= 15 is 0 Å². The lowest BCUT2D eigenvalue weighted by atomic mass is 10.3. The lowest BCUT2D eigenvalue weighted by Gasteiger charge is -2.20. The van der Waals surface area contributed by atoms with Gasteiger partial charge in [0.2, 0.25) is 0 Å². The number of nitrogens with one attached hydrogen (secondary N) is 1. The maximum atomic E-state index is 7.38. The second kappa shape index (κ2) is 4.50. The van der Waals surface area contributed by atoms with Crippen molar-refractivity contribution in [2.75, 3.05) is 18.6 Å². The predicted molar refractivity (Wildman–Crippen MR) is 57.9 cm³/mol. The van der Waals surface area contributed by atoms with Crippen molar-refractivity contribution in [3.8, 4) is 5.75 Å². The fourth-order valence-electron chi connectivity index (χ4n) is 1.27. The number of anilines is 1. The van der Waals surface area contributed by atoms with Crippen LogP contribution in [0, 0.1) is 5.41 Å². The molecule has 0 amide bonds. The Morgan fingerprint density at radius 3 is 2.79 bits per heavy atom. The fourth-order valence-corrected chi connectivity index (χ4v) is 1.27. The van der Waals surface area contributed by atoms with Gasteiger partial charge in [0, 0.05) is 18.3 Å². The Labute approximate surface area is 83.8 Å². The molecule has 3 N–H and O–H groups in total. The number of ether oxygens (including phenoxy) is 1. The maximum absolute atomic E-state index is 7.38. The minimum Gasteiger partial charge on any atom is -0.497 e. The predicted octanol–water partition coefficient (Wildman–Crippen LogP) is 1.41. The number of hydrogen-bond donors (Lipinski definition) is 2. The molecule has 0 aliphatic carbocycles. The Morgan fingerprint density at radius 1 is 1.57 bits per heavy atom. The molecule has 0 bridgehead atoms. The molecule has 0 aromatic heterocycles. The van der Waals surface area contributed by atoms with Gasteiger partial charge in [-0.3, -0.25) is 5.41 Å². The lowest BCUT2D eigenvalue weighted by Crippen LogP contribution is -2.36. The van der Waals surface area contributed by atoms with Crippen LogP contribution in [0.25, 0.3) is 0 Å². The van der Waals surface area contributed by atoms with E-state index in [1.165, 1.54) is 0 Å². The molecular formula is C10H15N3O. The Kier molecular flexibility index (Phi) is 3.34. The van der Waals surface area contributed by atoms with Crippen LogP contribution in [0.3, 0.4) is 0 Å². The molecule has 0 unspecified atom stereocenters. The third-order valence-corrected chi connectivity index (χ3v) is 1.97. The summed E-state index contributed by atoms with van der Waals surface area (Å²) in [5, 5.41) is 7.38. The standard InChI is InChI=1S/C10H15N3O/c1-3-13(10(11)12)8-5-4-6-9(7-8)14-2/h4-7H,3H2,1-2H3,(H3,11,12). The highest BCUT2D eigenvalue weighted by Crippen LogP contribution is 2.20. The van der Waals surface area contributed by atoms with E-state index in [9.17, 15) is 0 Å². The minimum absolute atomic E-state index is 0.0424. The molecule has 0 saturated heterocycles. The van der Waals surface area contributed by atoms with Crippen molar-refractivity contribution in [2.45, 2.75) is 6.92 Å². The van der Waals surface area contributed by atoms with E-state index in [1.807, 2.05) is 31.2 Å². The highest BCUT2D eigenvalue weighted by Gasteiger charge is 2.06. The van der Waals surface area contributed by atoms with Crippen LogP contribution in [0.5, 0.6) is 5.75 Å². The molecule has 0 radical (unpaired) electrons. The summed E-state index contributed by atoms with van der Waals surface area (Å²) in [6.45, 7) is 2.61. The molecule has 1 aromatic carbocycles. The monoisotopic (exact) mass is 193 g/mol. The molecular weight excluding hydrogens is 178 g/mol. The first kappa shape index (κ1) is 10.4. The summed E-state index contributed by atoms with van der Waals surface area (Å²) in [4.78, 5) is 1.70. The normalized spacial score (nSPS) is 9.57. The summed E-state index contributed by atoms with van der Waals surface area (Å²) in [6, 6.07) is 7.48. The van der Waals surface area contributed by atoms with Gasteiger partial charge in [-0.05, 0) is 19.1 Å². The van der Waals surface area contributed by atoms with Gasteiger partial charge in [0.15, 0.2) is 5.96 Å². The largest absolute Gasteiger partial charge is 0.497 e. The van der Waals surface area contributed by atoms with Crippen molar-refractivity contribution in [1.82, 2.24) is 0 Å². The topological polar surface area (TPSA) is 62.3 Å². The van der Waals surface area contributed by atoms with Crippen molar-refractivity contribution in [3.63, 3.8) is 0 Å². The van der Waals surface area contributed by atoms with Gasteiger partial charge in [0.1, 0.15) is 5.75 Å². The molecule has 0 aliphatic rings. The van der Waals surface area contributed by atoms with Gasteiger partial charge in [-0.1, -0.05) is 6.07 Å². The summed E-state index contributed by atoms with van der Waals surface area (Å²) in [6.07, 6.45) is 0. The molecule has 0 saturated carbocycles. The molecule has 1 rings (SSSR count). The van der Waals surface area contributed by atoms with Gasteiger partial charge in [-0.25, -0.2) is 0 Å². The molecule has 0 aliphatic heterocycles. The summed E-state index contributed by atoms with van der Waals surface area (Å²) >= 11 is 0. The number of guanidine groups is 1. The third kappa shape index (κ3) is 2.16. The Hall–Kier alpha value is -1.71. The van der Waals surface area contributed by atoms with Gasteiger partial charge >= 0.3 is 0 Å². The molecule has 14 heavy (non-hydrogen) atoms. The molecule has 0 atom stereocenters. The average molecular weight is 193 g/mol. The Morgan fingerprint density at radius 2 is 2.29 bits per heavy atom. The van der Waals surface area contributed by atoms with Crippen LogP contribution in [0.4, 0.5) is 5.69 Å².